The van der Waals surface area contributed by atoms with Gasteiger partial charge in [-0.25, -0.2) is 0 Å². The van der Waals surface area contributed by atoms with Crippen molar-refractivity contribution in [2.75, 3.05) is 13.1 Å². The van der Waals surface area contributed by atoms with Gasteiger partial charge in [0.2, 0.25) is 5.91 Å². The van der Waals surface area contributed by atoms with Crippen molar-refractivity contribution in [3.63, 3.8) is 0 Å². The maximum Gasteiger partial charge on any atom is 0.228 e. The maximum absolute atomic E-state index is 13.3. The Hall–Kier alpha value is -0.530. The molecule has 1 aliphatic heterocycles. The van der Waals surface area contributed by atoms with Gasteiger partial charge in [-0.1, -0.05) is 13.8 Å². The van der Waals surface area contributed by atoms with E-state index in [1.807, 2.05) is 0 Å². The number of amides is 1. The zero-order valence-corrected chi connectivity index (χ0v) is 13.1. The van der Waals surface area contributed by atoms with Crippen molar-refractivity contribution in [1.29, 1.82) is 0 Å². The lowest BCUT2D eigenvalue weighted by atomic mass is 9.49. The highest BCUT2D eigenvalue weighted by atomic mass is 16.2. The largest absolute Gasteiger partial charge is 0.342 e. The summed E-state index contributed by atoms with van der Waals surface area (Å²) < 4.78 is 0. The van der Waals surface area contributed by atoms with Crippen LogP contribution >= 0.6 is 0 Å². The van der Waals surface area contributed by atoms with Crippen LogP contribution in [0.3, 0.4) is 0 Å². The average molecular weight is 275 g/mol. The number of likely N-dealkylation sites (tertiary alicyclic amines) is 1. The van der Waals surface area contributed by atoms with Crippen LogP contribution in [0.2, 0.25) is 0 Å². The molecule has 2 atom stereocenters. The zero-order chi connectivity index (χ0) is 13.9. The first-order valence-electron chi connectivity index (χ1n) is 8.83. The molecule has 5 aliphatic rings. The quantitative estimate of drug-likeness (QED) is 0.714. The van der Waals surface area contributed by atoms with E-state index in [1.54, 1.807) is 0 Å². The third kappa shape index (κ3) is 2.02. The lowest BCUT2D eigenvalue weighted by molar-refractivity contribution is -0.160. The average Bonchev–Trinajstić information content (AvgIpc) is 2.35. The number of carbonyl (C=O) groups is 1. The molecular weight excluding hydrogens is 246 g/mol. The second-order valence-corrected chi connectivity index (χ2v) is 8.85. The van der Waals surface area contributed by atoms with E-state index in [4.69, 9.17) is 0 Å². The monoisotopic (exact) mass is 275 g/mol. The molecule has 0 aromatic rings. The highest BCUT2D eigenvalue weighted by molar-refractivity contribution is 5.83. The smallest absolute Gasteiger partial charge is 0.228 e. The molecule has 0 spiro atoms. The van der Waals surface area contributed by atoms with Gasteiger partial charge in [0.25, 0.3) is 0 Å². The molecule has 1 saturated heterocycles. The summed E-state index contributed by atoms with van der Waals surface area (Å²) in [5.41, 5.74) is 0.0749. The SMILES string of the molecule is C[C@@H]1C[C@H](C)CN(C(=O)C23CC4CC(CC(C4)C2)C3)C1. The van der Waals surface area contributed by atoms with Crippen molar-refractivity contribution >= 4 is 5.91 Å². The predicted molar refractivity (Wildman–Crippen MR) is 80.1 cm³/mol. The minimum atomic E-state index is 0.0749. The lowest BCUT2D eigenvalue weighted by Crippen LogP contribution is -2.56. The van der Waals surface area contributed by atoms with Gasteiger partial charge in [-0.2, -0.15) is 0 Å². The highest BCUT2D eigenvalue weighted by Gasteiger charge is 2.55. The van der Waals surface area contributed by atoms with Gasteiger partial charge in [0.1, 0.15) is 0 Å². The first-order chi connectivity index (χ1) is 9.54. The molecule has 0 aromatic carbocycles. The third-order valence-corrected chi connectivity index (χ3v) is 6.65. The Morgan fingerprint density at radius 2 is 1.30 bits per heavy atom. The maximum atomic E-state index is 13.3. The second-order valence-electron chi connectivity index (χ2n) is 8.85. The standard InChI is InChI=1S/C18H29NO/c1-12-3-13(2)11-19(10-12)17(20)18-7-14-4-15(8-18)6-16(5-14)9-18/h12-16H,3-11H2,1-2H3/t12-,13+,14?,15?,16?,18?. The van der Waals surface area contributed by atoms with E-state index in [2.05, 4.69) is 18.7 Å². The van der Waals surface area contributed by atoms with E-state index >= 15 is 0 Å². The fourth-order valence-electron chi connectivity index (χ4n) is 6.54. The summed E-state index contributed by atoms with van der Waals surface area (Å²) in [6, 6.07) is 0. The summed E-state index contributed by atoms with van der Waals surface area (Å²) in [4.78, 5) is 15.5. The Morgan fingerprint density at radius 3 is 1.75 bits per heavy atom. The van der Waals surface area contributed by atoms with Gasteiger partial charge in [0.05, 0.1) is 5.41 Å². The molecular formula is C18H29NO. The van der Waals surface area contributed by atoms with E-state index in [0.29, 0.717) is 17.7 Å². The summed E-state index contributed by atoms with van der Waals surface area (Å²) in [7, 11) is 0. The number of nitrogens with zero attached hydrogens (tertiary/aromatic N) is 1. The molecule has 0 N–H and O–H groups in total. The molecule has 2 nitrogen and oxygen atoms in total. The van der Waals surface area contributed by atoms with Crippen LogP contribution in [-0.2, 0) is 4.79 Å². The summed E-state index contributed by atoms with van der Waals surface area (Å²) in [6.45, 7) is 6.67. The van der Waals surface area contributed by atoms with Crippen molar-refractivity contribution < 1.29 is 4.79 Å². The van der Waals surface area contributed by atoms with Gasteiger partial charge in [-0.05, 0) is 74.5 Å². The van der Waals surface area contributed by atoms with Gasteiger partial charge < -0.3 is 4.90 Å². The fraction of sp³-hybridized carbons (Fsp3) is 0.944. The molecule has 112 valence electrons. The summed E-state index contributed by atoms with van der Waals surface area (Å²) in [5.74, 6) is 4.57. The first kappa shape index (κ1) is 13.2. The van der Waals surface area contributed by atoms with Crippen molar-refractivity contribution in [1.82, 2.24) is 4.90 Å². The third-order valence-electron chi connectivity index (χ3n) is 6.65. The summed E-state index contributed by atoms with van der Waals surface area (Å²) in [6.07, 6.45) is 9.24. The highest BCUT2D eigenvalue weighted by Crippen LogP contribution is 2.60. The fourth-order valence-corrected chi connectivity index (χ4v) is 6.54. The molecule has 5 rings (SSSR count). The van der Waals surface area contributed by atoms with E-state index < -0.39 is 0 Å². The molecule has 0 unspecified atom stereocenters. The van der Waals surface area contributed by atoms with Gasteiger partial charge in [-0.3, -0.25) is 4.79 Å². The first-order valence-corrected chi connectivity index (χ1v) is 8.83. The van der Waals surface area contributed by atoms with Gasteiger partial charge in [0, 0.05) is 13.1 Å². The van der Waals surface area contributed by atoms with Gasteiger partial charge in [-0.15, -0.1) is 0 Å². The number of hydrogen-bond acceptors (Lipinski definition) is 1. The van der Waals surface area contributed by atoms with Crippen LogP contribution in [0.1, 0.15) is 58.8 Å². The predicted octanol–water partition coefficient (Wildman–Crippen LogP) is 3.71. The number of piperidine rings is 1. The van der Waals surface area contributed by atoms with Crippen LogP contribution < -0.4 is 0 Å². The van der Waals surface area contributed by atoms with Gasteiger partial charge in [0.15, 0.2) is 0 Å². The van der Waals surface area contributed by atoms with E-state index in [0.717, 1.165) is 30.8 Å². The van der Waals surface area contributed by atoms with Crippen molar-refractivity contribution in [2.45, 2.75) is 58.8 Å². The molecule has 1 amide bonds. The van der Waals surface area contributed by atoms with Crippen LogP contribution in [0.5, 0.6) is 0 Å². The summed E-state index contributed by atoms with van der Waals surface area (Å²) in [5, 5.41) is 0. The van der Waals surface area contributed by atoms with Crippen LogP contribution in [0.25, 0.3) is 0 Å². The lowest BCUT2D eigenvalue weighted by Gasteiger charge is -2.57. The summed E-state index contributed by atoms with van der Waals surface area (Å²) >= 11 is 0. The van der Waals surface area contributed by atoms with Crippen LogP contribution in [-0.4, -0.2) is 23.9 Å². The normalized spacial score (nSPS) is 50.5. The topological polar surface area (TPSA) is 20.3 Å². The number of carbonyl (C=O) groups excluding carboxylic acids is 1. The zero-order valence-electron chi connectivity index (χ0n) is 13.1. The Morgan fingerprint density at radius 1 is 0.850 bits per heavy atom. The van der Waals surface area contributed by atoms with E-state index in [9.17, 15) is 4.79 Å². The van der Waals surface area contributed by atoms with Gasteiger partial charge >= 0.3 is 0 Å². The minimum absolute atomic E-state index is 0.0749. The second kappa shape index (κ2) is 4.48. The Labute approximate surface area is 123 Å². The Balaban J connectivity index is 1.56. The number of rotatable bonds is 1. The van der Waals surface area contributed by atoms with E-state index in [-0.39, 0.29) is 5.41 Å². The Bertz CT molecular complexity index is 370. The molecule has 4 saturated carbocycles. The molecule has 20 heavy (non-hydrogen) atoms. The van der Waals surface area contributed by atoms with Crippen LogP contribution in [0.15, 0.2) is 0 Å². The van der Waals surface area contributed by atoms with Crippen molar-refractivity contribution in [3.05, 3.63) is 0 Å². The van der Waals surface area contributed by atoms with Crippen LogP contribution in [0, 0.1) is 35.0 Å². The molecule has 0 radical (unpaired) electrons. The minimum Gasteiger partial charge on any atom is -0.342 e. The molecule has 4 bridgehead atoms. The molecule has 1 heterocycles. The van der Waals surface area contributed by atoms with Crippen LogP contribution in [0.4, 0.5) is 0 Å². The van der Waals surface area contributed by atoms with Crippen molar-refractivity contribution in [3.8, 4) is 0 Å². The number of hydrogen-bond donors (Lipinski definition) is 0. The molecule has 2 heteroatoms. The molecule has 5 fully saturated rings. The van der Waals surface area contributed by atoms with Crippen molar-refractivity contribution in [2.24, 2.45) is 35.0 Å². The molecule has 0 aromatic heterocycles. The Kier molecular flexibility index (Phi) is 2.95. The van der Waals surface area contributed by atoms with E-state index in [1.165, 1.54) is 44.9 Å². The molecule has 4 aliphatic carbocycles.